The summed E-state index contributed by atoms with van der Waals surface area (Å²) >= 11 is 0. The van der Waals surface area contributed by atoms with Gasteiger partial charge in [-0.05, 0) is 97.2 Å². The third-order valence-corrected chi connectivity index (χ3v) is 17.1. The van der Waals surface area contributed by atoms with E-state index in [0.29, 0.717) is 0 Å². The zero-order valence-corrected chi connectivity index (χ0v) is 34.6. The Balaban J connectivity index is 1.08. The van der Waals surface area contributed by atoms with E-state index >= 15 is 0 Å². The quantitative estimate of drug-likeness (QED) is 0.104. The van der Waals surface area contributed by atoms with Crippen molar-refractivity contribution in [1.82, 2.24) is 4.57 Å². The van der Waals surface area contributed by atoms with Crippen LogP contribution in [0.25, 0.3) is 49.4 Å². The second-order valence-corrected chi connectivity index (χ2v) is 19.5. The van der Waals surface area contributed by atoms with Crippen LogP contribution in [0, 0.1) is 0 Å². The number of nitrogens with zero attached hydrogens (tertiary/aromatic N) is 2. The maximum atomic E-state index is 2.45. The number of rotatable bonds is 9. The van der Waals surface area contributed by atoms with Crippen LogP contribution in [0.3, 0.4) is 0 Å². The summed E-state index contributed by atoms with van der Waals surface area (Å²) in [4.78, 5) is 2.44. The summed E-state index contributed by atoms with van der Waals surface area (Å²) in [6, 6.07) is 93.6. The molecule has 1 aromatic heterocycles. The summed E-state index contributed by atoms with van der Waals surface area (Å²) in [7, 11) is -2.69. The predicted molar refractivity (Wildman–Crippen MR) is 262 cm³/mol. The molecule has 11 aromatic rings. The van der Waals surface area contributed by atoms with Crippen molar-refractivity contribution in [3.63, 3.8) is 0 Å². The SMILES string of the molecule is c1ccc(-n2c3ccccc3c3c(N(c4ccc(-c5cccc([Si](c6ccccc6)(c6ccccc6)c6ccccc6)c5)cc4)c4ccc5ccccc5c4)cccc32)cc1. The number of anilines is 3. The molecule has 0 fully saturated rings. The molecular weight excluding hydrogens is 753 g/mol. The molecule has 0 unspecified atom stereocenters. The standard InChI is InChI=1S/C58H42N2Si/c1-5-22-47(23-6-1)60-55-32-16-15-31-54(55)58-56(33-18-34-57(58)60)59(49-40-37-43-19-13-14-20-45(43)41-49)48-38-35-44(36-39-48)46-21-17-30-53(42-46)61(50-24-7-2-8-25-50,51-26-9-3-10-27-51)52-28-11-4-12-29-52/h1-42H. The Kier molecular flexibility index (Phi) is 9.22. The van der Waals surface area contributed by atoms with E-state index in [1.807, 2.05) is 0 Å². The van der Waals surface area contributed by atoms with Gasteiger partial charge in [0.15, 0.2) is 8.07 Å². The van der Waals surface area contributed by atoms with E-state index in [0.717, 1.165) is 22.7 Å². The first-order chi connectivity index (χ1) is 30.3. The van der Waals surface area contributed by atoms with E-state index in [1.54, 1.807) is 0 Å². The highest BCUT2D eigenvalue weighted by molar-refractivity contribution is 7.19. The van der Waals surface area contributed by atoms with Crippen molar-refractivity contribution in [3.8, 4) is 16.8 Å². The Bertz CT molecular complexity index is 3190. The van der Waals surface area contributed by atoms with E-state index in [2.05, 4.69) is 264 Å². The van der Waals surface area contributed by atoms with E-state index < -0.39 is 8.07 Å². The van der Waals surface area contributed by atoms with Gasteiger partial charge in [0.1, 0.15) is 0 Å². The molecule has 288 valence electrons. The molecule has 0 saturated heterocycles. The smallest absolute Gasteiger partial charge is 0.179 e. The first-order valence-electron chi connectivity index (χ1n) is 21.0. The number of fused-ring (bicyclic) bond motifs is 4. The van der Waals surface area contributed by atoms with Crippen LogP contribution in [-0.2, 0) is 0 Å². The van der Waals surface area contributed by atoms with Crippen LogP contribution in [0.15, 0.2) is 255 Å². The molecule has 0 amide bonds. The molecule has 2 nitrogen and oxygen atoms in total. The summed E-state index contributed by atoms with van der Waals surface area (Å²) < 4.78 is 2.40. The average molecular weight is 795 g/mol. The van der Waals surface area contributed by atoms with Crippen molar-refractivity contribution in [2.75, 3.05) is 4.90 Å². The Morgan fingerprint density at radius 1 is 0.328 bits per heavy atom. The van der Waals surface area contributed by atoms with Crippen molar-refractivity contribution < 1.29 is 0 Å². The summed E-state index contributed by atoms with van der Waals surface area (Å²) in [5.74, 6) is 0. The highest BCUT2D eigenvalue weighted by Crippen LogP contribution is 2.44. The summed E-state index contributed by atoms with van der Waals surface area (Å²) in [5.41, 5.74) is 9.24. The van der Waals surface area contributed by atoms with Crippen LogP contribution >= 0.6 is 0 Å². The lowest BCUT2D eigenvalue weighted by Crippen LogP contribution is -2.74. The molecule has 0 bridgehead atoms. The second-order valence-electron chi connectivity index (χ2n) is 15.7. The molecule has 0 spiro atoms. The monoisotopic (exact) mass is 794 g/mol. The highest BCUT2D eigenvalue weighted by Gasteiger charge is 2.41. The molecule has 0 aliphatic heterocycles. The maximum absolute atomic E-state index is 2.69. The lowest BCUT2D eigenvalue weighted by Gasteiger charge is -2.34. The number of benzene rings is 10. The Morgan fingerprint density at radius 3 is 1.52 bits per heavy atom. The van der Waals surface area contributed by atoms with Crippen LogP contribution in [0.5, 0.6) is 0 Å². The predicted octanol–water partition coefficient (Wildman–Crippen LogP) is 12.5. The van der Waals surface area contributed by atoms with Crippen LogP contribution in [0.2, 0.25) is 0 Å². The molecule has 61 heavy (non-hydrogen) atoms. The fraction of sp³-hybridized carbons (Fsp3) is 0. The van der Waals surface area contributed by atoms with Gasteiger partial charge in [0.05, 0.1) is 16.7 Å². The van der Waals surface area contributed by atoms with Gasteiger partial charge in [-0.15, -0.1) is 0 Å². The summed E-state index contributed by atoms with van der Waals surface area (Å²) in [6.07, 6.45) is 0. The van der Waals surface area contributed by atoms with Gasteiger partial charge in [0.25, 0.3) is 0 Å². The lowest BCUT2D eigenvalue weighted by atomic mass is 10.0. The molecule has 1 heterocycles. The van der Waals surface area contributed by atoms with Gasteiger partial charge in [0.2, 0.25) is 0 Å². The minimum Gasteiger partial charge on any atom is -0.310 e. The third kappa shape index (κ3) is 6.26. The van der Waals surface area contributed by atoms with Crippen LogP contribution in [0.1, 0.15) is 0 Å². The van der Waals surface area contributed by atoms with Gasteiger partial charge in [-0.2, -0.15) is 0 Å². The number of hydrogen-bond donors (Lipinski definition) is 0. The van der Waals surface area contributed by atoms with Gasteiger partial charge in [-0.3, -0.25) is 0 Å². The molecule has 0 atom stereocenters. The van der Waals surface area contributed by atoms with E-state index in [9.17, 15) is 0 Å². The zero-order valence-electron chi connectivity index (χ0n) is 33.6. The largest absolute Gasteiger partial charge is 0.310 e. The molecule has 10 aromatic carbocycles. The molecule has 0 radical (unpaired) electrons. The minimum atomic E-state index is -2.69. The lowest BCUT2D eigenvalue weighted by molar-refractivity contribution is 1.18. The van der Waals surface area contributed by atoms with Crippen LogP contribution in [-0.4, -0.2) is 12.6 Å². The highest BCUT2D eigenvalue weighted by atomic mass is 28.3. The van der Waals surface area contributed by atoms with E-state index in [4.69, 9.17) is 0 Å². The van der Waals surface area contributed by atoms with Crippen molar-refractivity contribution in [3.05, 3.63) is 255 Å². The van der Waals surface area contributed by atoms with Gasteiger partial charge < -0.3 is 9.47 Å². The zero-order chi connectivity index (χ0) is 40.6. The molecule has 0 saturated carbocycles. The molecule has 0 aliphatic rings. The summed E-state index contributed by atoms with van der Waals surface area (Å²) in [5, 5.41) is 10.3. The summed E-state index contributed by atoms with van der Waals surface area (Å²) in [6.45, 7) is 0. The number of aromatic nitrogens is 1. The maximum Gasteiger partial charge on any atom is 0.179 e. The third-order valence-electron chi connectivity index (χ3n) is 12.3. The minimum absolute atomic E-state index is 1.10. The average Bonchev–Trinajstić information content (AvgIpc) is 3.69. The van der Waals surface area contributed by atoms with Gasteiger partial charge >= 0.3 is 0 Å². The molecule has 11 rings (SSSR count). The number of hydrogen-bond acceptors (Lipinski definition) is 1. The molecule has 0 aliphatic carbocycles. The van der Waals surface area contributed by atoms with E-state index in [-0.39, 0.29) is 0 Å². The van der Waals surface area contributed by atoms with Crippen molar-refractivity contribution in [1.29, 1.82) is 0 Å². The van der Waals surface area contributed by atoms with Crippen LogP contribution in [0.4, 0.5) is 17.1 Å². The fourth-order valence-corrected chi connectivity index (χ4v) is 14.4. The fourth-order valence-electron chi connectivity index (χ4n) is 9.58. The Labute approximate surface area is 357 Å². The van der Waals surface area contributed by atoms with Gasteiger partial charge in [0, 0.05) is 27.8 Å². The van der Waals surface area contributed by atoms with Crippen molar-refractivity contribution >= 4 is 78.5 Å². The van der Waals surface area contributed by atoms with Gasteiger partial charge in [-0.25, -0.2) is 0 Å². The normalized spacial score (nSPS) is 11.6. The molecular formula is C58H42N2Si. The Morgan fingerprint density at radius 2 is 0.852 bits per heavy atom. The second kappa shape index (κ2) is 15.5. The molecule has 3 heteroatoms. The topological polar surface area (TPSA) is 8.17 Å². The first-order valence-corrected chi connectivity index (χ1v) is 23.0. The van der Waals surface area contributed by atoms with Crippen LogP contribution < -0.4 is 25.6 Å². The Hall–Kier alpha value is -7.72. The van der Waals surface area contributed by atoms with E-state index in [1.165, 1.54) is 64.5 Å². The molecule has 0 N–H and O–H groups in total. The number of para-hydroxylation sites is 2. The van der Waals surface area contributed by atoms with Crippen molar-refractivity contribution in [2.45, 2.75) is 0 Å². The first kappa shape index (κ1) is 36.4. The van der Waals surface area contributed by atoms with Gasteiger partial charge in [-0.1, -0.05) is 200 Å². The van der Waals surface area contributed by atoms with Crippen molar-refractivity contribution in [2.24, 2.45) is 0 Å².